The minimum absolute atomic E-state index is 0.140. The van der Waals surface area contributed by atoms with Gasteiger partial charge in [-0.25, -0.2) is 0 Å². The molecule has 2 aliphatic heterocycles. The highest BCUT2D eigenvalue weighted by Gasteiger charge is 2.38. The van der Waals surface area contributed by atoms with E-state index in [4.69, 9.17) is 9.47 Å². The number of ether oxygens (including phenoxy) is 2. The van der Waals surface area contributed by atoms with E-state index in [2.05, 4.69) is 20.8 Å². The summed E-state index contributed by atoms with van der Waals surface area (Å²) in [6.45, 7) is 0. The van der Waals surface area contributed by atoms with Crippen LogP contribution in [-0.4, -0.2) is 31.1 Å². The van der Waals surface area contributed by atoms with Gasteiger partial charge < -0.3 is 14.4 Å². The Morgan fingerprint density at radius 1 is 1.09 bits per heavy atom. The summed E-state index contributed by atoms with van der Waals surface area (Å²) in [6.07, 6.45) is 6.15. The molecule has 2 atom stereocenters. The van der Waals surface area contributed by atoms with Gasteiger partial charge in [0.25, 0.3) is 0 Å². The molecule has 1 amide bonds. The molecular weight excluding hydrogens is 346 g/mol. The lowest BCUT2D eigenvalue weighted by atomic mass is 9.85. The topological polar surface area (TPSA) is 38.8 Å². The number of fused-ring (bicyclic) bond motifs is 1. The standard InChI is InChI=1S/C17H22BrNO3/c1-21-15-9-12(13(18)10-16(15)22-2)14-7-3-5-11-6-4-8-17(20)19(11)14/h9-11,14H,3-8H2,1-2H3/t11-,14-/m0/s1. The Kier molecular flexibility index (Phi) is 4.62. The van der Waals surface area contributed by atoms with E-state index in [1.165, 1.54) is 6.42 Å². The number of rotatable bonds is 3. The number of hydrogen-bond donors (Lipinski definition) is 0. The Morgan fingerprint density at radius 3 is 2.50 bits per heavy atom. The third kappa shape index (κ3) is 2.71. The quantitative estimate of drug-likeness (QED) is 0.807. The van der Waals surface area contributed by atoms with Crippen LogP contribution in [0.15, 0.2) is 16.6 Å². The van der Waals surface area contributed by atoms with Crippen molar-refractivity contribution in [1.29, 1.82) is 0 Å². The Labute approximate surface area is 139 Å². The van der Waals surface area contributed by atoms with E-state index >= 15 is 0 Å². The summed E-state index contributed by atoms with van der Waals surface area (Å²) < 4.78 is 11.8. The number of halogens is 1. The van der Waals surface area contributed by atoms with E-state index in [1.54, 1.807) is 14.2 Å². The minimum Gasteiger partial charge on any atom is -0.493 e. The van der Waals surface area contributed by atoms with Crippen LogP contribution in [0.5, 0.6) is 11.5 Å². The van der Waals surface area contributed by atoms with Gasteiger partial charge >= 0.3 is 0 Å². The van der Waals surface area contributed by atoms with Crippen molar-refractivity contribution in [3.05, 3.63) is 22.2 Å². The lowest BCUT2D eigenvalue weighted by molar-refractivity contribution is -0.142. The van der Waals surface area contributed by atoms with Crippen LogP contribution in [0, 0.1) is 0 Å². The summed E-state index contributed by atoms with van der Waals surface area (Å²) in [5.74, 6) is 1.71. The molecule has 3 rings (SSSR count). The molecule has 0 radical (unpaired) electrons. The van der Waals surface area contributed by atoms with Crippen LogP contribution >= 0.6 is 15.9 Å². The van der Waals surface area contributed by atoms with Crippen molar-refractivity contribution in [2.24, 2.45) is 0 Å². The molecule has 120 valence electrons. The van der Waals surface area contributed by atoms with Crippen molar-refractivity contribution >= 4 is 21.8 Å². The summed E-state index contributed by atoms with van der Waals surface area (Å²) in [5.41, 5.74) is 1.12. The van der Waals surface area contributed by atoms with Crippen LogP contribution in [-0.2, 0) is 4.79 Å². The molecule has 0 aliphatic carbocycles. The second-order valence-corrected chi connectivity index (χ2v) is 6.88. The van der Waals surface area contributed by atoms with Gasteiger partial charge in [-0.05, 0) is 49.8 Å². The molecular formula is C17H22BrNO3. The van der Waals surface area contributed by atoms with Crippen LogP contribution in [0.2, 0.25) is 0 Å². The largest absolute Gasteiger partial charge is 0.493 e. The Bertz CT molecular complexity index is 573. The number of benzene rings is 1. The summed E-state index contributed by atoms with van der Waals surface area (Å²) in [4.78, 5) is 14.6. The highest BCUT2D eigenvalue weighted by atomic mass is 79.9. The van der Waals surface area contributed by atoms with Crippen molar-refractivity contribution < 1.29 is 14.3 Å². The molecule has 2 fully saturated rings. The highest BCUT2D eigenvalue weighted by molar-refractivity contribution is 9.10. The number of carbonyl (C=O) groups excluding carboxylic acids is 1. The molecule has 0 N–H and O–H groups in total. The van der Waals surface area contributed by atoms with Gasteiger partial charge in [0, 0.05) is 16.9 Å². The zero-order chi connectivity index (χ0) is 15.7. The fourth-order valence-corrected chi connectivity index (χ4v) is 4.38. The molecule has 5 heteroatoms. The lowest BCUT2D eigenvalue weighted by Crippen LogP contribution is -2.48. The second kappa shape index (κ2) is 6.49. The molecule has 0 unspecified atom stereocenters. The van der Waals surface area contributed by atoms with Crippen LogP contribution in [0.4, 0.5) is 0 Å². The molecule has 4 nitrogen and oxygen atoms in total. The maximum absolute atomic E-state index is 12.5. The normalized spacial score (nSPS) is 24.9. The van der Waals surface area contributed by atoms with Gasteiger partial charge in [0.05, 0.1) is 20.3 Å². The van der Waals surface area contributed by atoms with Crippen LogP contribution in [0.1, 0.15) is 50.1 Å². The highest BCUT2D eigenvalue weighted by Crippen LogP contribution is 2.44. The van der Waals surface area contributed by atoms with Gasteiger partial charge in [0.1, 0.15) is 0 Å². The number of nitrogens with zero attached hydrogens (tertiary/aromatic N) is 1. The van der Waals surface area contributed by atoms with Crippen LogP contribution in [0.25, 0.3) is 0 Å². The Morgan fingerprint density at radius 2 is 1.77 bits per heavy atom. The predicted octanol–water partition coefficient (Wildman–Crippen LogP) is 4.07. The van der Waals surface area contributed by atoms with E-state index in [0.717, 1.165) is 35.7 Å². The molecule has 1 aromatic carbocycles. The number of carbonyl (C=O) groups is 1. The van der Waals surface area contributed by atoms with E-state index in [-0.39, 0.29) is 6.04 Å². The van der Waals surface area contributed by atoms with Crippen molar-refractivity contribution in [3.8, 4) is 11.5 Å². The van der Waals surface area contributed by atoms with Gasteiger partial charge in [-0.3, -0.25) is 4.79 Å². The summed E-state index contributed by atoms with van der Waals surface area (Å²) in [7, 11) is 3.28. The molecule has 2 aliphatic rings. The monoisotopic (exact) mass is 367 g/mol. The van der Waals surface area contributed by atoms with E-state index in [1.807, 2.05) is 12.1 Å². The van der Waals surface area contributed by atoms with Crippen molar-refractivity contribution in [3.63, 3.8) is 0 Å². The van der Waals surface area contributed by atoms with Gasteiger partial charge in [-0.15, -0.1) is 0 Å². The summed E-state index contributed by atoms with van der Waals surface area (Å²) in [5, 5.41) is 0. The number of hydrogen-bond acceptors (Lipinski definition) is 3. The molecule has 0 saturated carbocycles. The summed E-state index contributed by atoms with van der Waals surface area (Å²) in [6, 6.07) is 4.49. The molecule has 0 spiro atoms. The maximum Gasteiger partial charge on any atom is 0.223 e. The maximum atomic E-state index is 12.5. The Balaban J connectivity index is 1.99. The number of amides is 1. The average Bonchev–Trinajstić information content (AvgIpc) is 2.54. The van der Waals surface area contributed by atoms with Gasteiger partial charge in [0.2, 0.25) is 5.91 Å². The molecule has 2 saturated heterocycles. The first-order valence-corrected chi connectivity index (χ1v) is 8.67. The van der Waals surface area contributed by atoms with E-state index in [9.17, 15) is 4.79 Å². The average molecular weight is 368 g/mol. The first-order chi connectivity index (χ1) is 10.7. The van der Waals surface area contributed by atoms with Gasteiger partial charge in [-0.1, -0.05) is 15.9 Å². The first-order valence-electron chi connectivity index (χ1n) is 7.88. The molecule has 22 heavy (non-hydrogen) atoms. The van der Waals surface area contributed by atoms with Gasteiger partial charge in [0.15, 0.2) is 11.5 Å². The first kappa shape index (κ1) is 15.7. The van der Waals surface area contributed by atoms with Crippen molar-refractivity contribution in [2.75, 3.05) is 14.2 Å². The van der Waals surface area contributed by atoms with Crippen LogP contribution < -0.4 is 9.47 Å². The number of piperidine rings is 2. The SMILES string of the molecule is COc1cc(Br)c([C@@H]2CCC[C@H]3CCCC(=O)N32)cc1OC. The zero-order valence-electron chi connectivity index (χ0n) is 13.1. The van der Waals surface area contributed by atoms with Crippen molar-refractivity contribution in [1.82, 2.24) is 4.90 Å². The molecule has 1 aromatic rings. The third-order valence-electron chi connectivity index (χ3n) is 4.82. The third-order valence-corrected chi connectivity index (χ3v) is 5.51. The molecule has 0 aromatic heterocycles. The van der Waals surface area contributed by atoms with E-state index in [0.29, 0.717) is 29.9 Å². The fraction of sp³-hybridized carbons (Fsp3) is 0.588. The summed E-state index contributed by atoms with van der Waals surface area (Å²) >= 11 is 3.65. The predicted molar refractivity (Wildman–Crippen MR) is 88.3 cm³/mol. The fourth-order valence-electron chi connectivity index (χ4n) is 3.79. The van der Waals surface area contributed by atoms with E-state index < -0.39 is 0 Å². The molecule has 2 heterocycles. The van der Waals surface area contributed by atoms with Gasteiger partial charge in [-0.2, -0.15) is 0 Å². The van der Waals surface area contributed by atoms with Crippen LogP contribution in [0.3, 0.4) is 0 Å². The number of methoxy groups -OCH3 is 2. The smallest absolute Gasteiger partial charge is 0.223 e. The molecule has 0 bridgehead atoms. The Hall–Kier alpha value is -1.23. The lowest BCUT2D eigenvalue weighted by Gasteiger charge is -2.45. The zero-order valence-corrected chi connectivity index (χ0v) is 14.7. The minimum atomic E-state index is 0.140. The van der Waals surface area contributed by atoms with Crippen molar-refractivity contribution in [2.45, 2.75) is 50.6 Å². The second-order valence-electron chi connectivity index (χ2n) is 6.02.